The molecular formula is C20H27N3OS. The van der Waals surface area contributed by atoms with Crippen LogP contribution in [0.25, 0.3) is 0 Å². The summed E-state index contributed by atoms with van der Waals surface area (Å²) in [6.07, 6.45) is 0. The number of hydrogen-bond donors (Lipinski definition) is 1. The molecule has 1 aromatic heterocycles. The van der Waals surface area contributed by atoms with Crippen LogP contribution in [0.1, 0.15) is 62.2 Å². The third-order valence-corrected chi connectivity index (χ3v) is 4.84. The molecule has 134 valence electrons. The number of hydrogen-bond acceptors (Lipinski definition) is 4. The predicted octanol–water partition coefficient (Wildman–Crippen LogP) is 5.07. The Morgan fingerprint density at radius 2 is 1.68 bits per heavy atom. The van der Waals surface area contributed by atoms with Gasteiger partial charge in [0.15, 0.2) is 0 Å². The zero-order valence-electron chi connectivity index (χ0n) is 15.9. The van der Waals surface area contributed by atoms with Crippen molar-refractivity contribution in [3.8, 4) is 0 Å². The highest BCUT2D eigenvalue weighted by atomic mass is 32.2. The summed E-state index contributed by atoms with van der Waals surface area (Å²) in [5, 5.41) is 3.97. The lowest BCUT2D eigenvalue weighted by molar-refractivity contribution is -0.113. The van der Waals surface area contributed by atoms with Gasteiger partial charge >= 0.3 is 0 Å². The van der Waals surface area contributed by atoms with Crippen molar-refractivity contribution in [3.05, 3.63) is 46.9 Å². The van der Waals surface area contributed by atoms with Gasteiger partial charge in [-0.2, -0.15) is 0 Å². The first-order chi connectivity index (χ1) is 11.8. The average molecular weight is 358 g/mol. The fourth-order valence-corrected chi connectivity index (χ4v) is 3.57. The monoisotopic (exact) mass is 357 g/mol. The van der Waals surface area contributed by atoms with Gasteiger partial charge in [-0.15, -0.1) is 0 Å². The quantitative estimate of drug-likeness (QED) is 0.579. The molecule has 1 aromatic carbocycles. The maximum Gasteiger partial charge on any atom is 0.234 e. The van der Waals surface area contributed by atoms with Crippen LogP contribution in [-0.2, 0) is 4.79 Å². The molecule has 0 saturated carbocycles. The number of carbonyl (C=O) groups excluding carboxylic acids is 1. The zero-order valence-corrected chi connectivity index (χ0v) is 16.7. The molecule has 25 heavy (non-hydrogen) atoms. The number of para-hydroxylation sites is 1. The first-order valence-electron chi connectivity index (χ1n) is 8.65. The Bertz CT molecular complexity index is 710. The van der Waals surface area contributed by atoms with Crippen molar-refractivity contribution in [1.82, 2.24) is 9.97 Å². The summed E-state index contributed by atoms with van der Waals surface area (Å²) < 4.78 is 0. The highest BCUT2D eigenvalue weighted by molar-refractivity contribution is 7.99. The lowest BCUT2D eigenvalue weighted by Gasteiger charge is -2.20. The topological polar surface area (TPSA) is 54.9 Å². The maximum atomic E-state index is 12.5. The summed E-state index contributed by atoms with van der Waals surface area (Å²) in [6.45, 7) is 12.4. The second-order valence-electron chi connectivity index (χ2n) is 6.85. The van der Waals surface area contributed by atoms with Gasteiger partial charge in [-0.25, -0.2) is 9.97 Å². The number of benzene rings is 1. The van der Waals surface area contributed by atoms with Gasteiger partial charge in [-0.05, 0) is 42.9 Å². The van der Waals surface area contributed by atoms with E-state index in [9.17, 15) is 4.79 Å². The molecule has 1 N–H and O–H groups in total. The molecule has 1 amide bonds. The van der Waals surface area contributed by atoms with E-state index in [1.807, 2.05) is 19.9 Å². The molecule has 5 heteroatoms. The van der Waals surface area contributed by atoms with Crippen LogP contribution in [0.5, 0.6) is 0 Å². The Labute approximate surface area is 154 Å². The summed E-state index contributed by atoms with van der Waals surface area (Å²) in [6, 6.07) is 8.17. The molecule has 0 bridgehead atoms. The first-order valence-corrected chi connectivity index (χ1v) is 9.64. The molecule has 0 spiro atoms. The minimum Gasteiger partial charge on any atom is -0.325 e. The molecule has 0 aliphatic carbocycles. The van der Waals surface area contributed by atoms with Gasteiger partial charge in [0.25, 0.3) is 0 Å². The third-order valence-electron chi connectivity index (χ3n) is 3.93. The Morgan fingerprint density at radius 1 is 1.08 bits per heavy atom. The van der Waals surface area contributed by atoms with Gasteiger partial charge in [0, 0.05) is 11.4 Å². The molecule has 0 unspecified atom stereocenters. The molecule has 1 heterocycles. The molecule has 0 aliphatic heterocycles. The number of nitrogens with zero attached hydrogens (tertiary/aromatic N) is 2. The summed E-state index contributed by atoms with van der Waals surface area (Å²) in [5.74, 6) is 1.77. The van der Waals surface area contributed by atoms with E-state index < -0.39 is 0 Å². The van der Waals surface area contributed by atoms with Crippen molar-refractivity contribution < 1.29 is 4.79 Å². The molecule has 0 aliphatic rings. The number of nitrogens with one attached hydrogen (secondary N) is 1. The Hall–Kier alpha value is -1.88. The smallest absolute Gasteiger partial charge is 0.234 e. The standard InChI is InChI=1S/C20H27N3OS/c1-12(2)16-8-7-9-17(13(3)4)20(16)23-18(24)11-25-19-10-14(5)21-15(6)22-19/h7-10,12-13H,11H2,1-6H3,(H,23,24). The molecule has 0 radical (unpaired) electrons. The normalized spacial score (nSPS) is 11.2. The third kappa shape index (κ3) is 5.30. The van der Waals surface area contributed by atoms with Crippen LogP contribution >= 0.6 is 11.8 Å². The second-order valence-corrected chi connectivity index (χ2v) is 7.85. The van der Waals surface area contributed by atoms with Crippen LogP contribution in [0.15, 0.2) is 29.3 Å². The molecular weight excluding hydrogens is 330 g/mol. The summed E-state index contributed by atoms with van der Waals surface area (Å²) in [4.78, 5) is 21.2. The molecule has 0 saturated heterocycles. The zero-order chi connectivity index (χ0) is 18.6. The van der Waals surface area contributed by atoms with E-state index in [2.05, 4.69) is 61.2 Å². The van der Waals surface area contributed by atoms with Crippen LogP contribution in [0.4, 0.5) is 5.69 Å². The fraction of sp³-hybridized carbons (Fsp3) is 0.450. The Kier molecular flexibility index (Phi) is 6.59. The molecule has 2 aromatic rings. The van der Waals surface area contributed by atoms with E-state index in [0.717, 1.165) is 22.2 Å². The van der Waals surface area contributed by atoms with Crippen LogP contribution < -0.4 is 5.32 Å². The highest BCUT2D eigenvalue weighted by Gasteiger charge is 2.16. The largest absolute Gasteiger partial charge is 0.325 e. The van der Waals surface area contributed by atoms with Gasteiger partial charge in [0.05, 0.1) is 5.75 Å². The highest BCUT2D eigenvalue weighted by Crippen LogP contribution is 2.32. The van der Waals surface area contributed by atoms with Gasteiger partial charge in [0.1, 0.15) is 10.9 Å². The number of aryl methyl sites for hydroxylation is 2. The summed E-state index contributed by atoms with van der Waals surface area (Å²) >= 11 is 1.44. The minimum atomic E-state index is -0.00563. The van der Waals surface area contributed by atoms with Gasteiger partial charge in [0.2, 0.25) is 5.91 Å². The maximum absolute atomic E-state index is 12.5. The number of aromatic nitrogens is 2. The Balaban J connectivity index is 2.14. The van der Waals surface area contributed by atoms with E-state index in [1.165, 1.54) is 22.9 Å². The second kappa shape index (κ2) is 8.48. The van der Waals surface area contributed by atoms with Crippen LogP contribution in [0, 0.1) is 13.8 Å². The number of anilines is 1. The van der Waals surface area contributed by atoms with E-state index in [-0.39, 0.29) is 5.91 Å². The van der Waals surface area contributed by atoms with Crippen molar-refractivity contribution >= 4 is 23.4 Å². The number of amides is 1. The van der Waals surface area contributed by atoms with E-state index in [4.69, 9.17) is 0 Å². The summed E-state index contributed by atoms with van der Waals surface area (Å²) in [5.41, 5.74) is 4.24. The van der Waals surface area contributed by atoms with Crippen molar-refractivity contribution in [1.29, 1.82) is 0 Å². The predicted molar refractivity (Wildman–Crippen MR) is 105 cm³/mol. The van der Waals surface area contributed by atoms with Crippen LogP contribution in [-0.4, -0.2) is 21.6 Å². The van der Waals surface area contributed by atoms with Gasteiger partial charge in [-0.3, -0.25) is 4.79 Å². The van der Waals surface area contributed by atoms with Crippen LogP contribution in [0.2, 0.25) is 0 Å². The summed E-state index contributed by atoms with van der Waals surface area (Å²) in [7, 11) is 0. The fourth-order valence-electron chi connectivity index (χ4n) is 2.77. The van der Waals surface area contributed by atoms with Gasteiger partial charge in [-0.1, -0.05) is 57.7 Å². The van der Waals surface area contributed by atoms with Crippen molar-refractivity contribution in [2.24, 2.45) is 0 Å². The first kappa shape index (κ1) is 19.4. The van der Waals surface area contributed by atoms with Crippen LogP contribution in [0.3, 0.4) is 0 Å². The molecule has 4 nitrogen and oxygen atoms in total. The minimum absolute atomic E-state index is 0.00563. The SMILES string of the molecule is Cc1cc(SCC(=O)Nc2c(C(C)C)cccc2C(C)C)nc(C)n1. The average Bonchev–Trinajstić information content (AvgIpc) is 2.51. The van der Waals surface area contributed by atoms with E-state index in [1.54, 1.807) is 0 Å². The Morgan fingerprint density at radius 3 is 2.20 bits per heavy atom. The van der Waals surface area contributed by atoms with Gasteiger partial charge < -0.3 is 5.32 Å². The number of thioether (sulfide) groups is 1. The number of rotatable bonds is 6. The van der Waals surface area contributed by atoms with E-state index >= 15 is 0 Å². The lowest BCUT2D eigenvalue weighted by atomic mass is 9.92. The van der Waals surface area contributed by atoms with E-state index in [0.29, 0.717) is 17.6 Å². The molecule has 2 rings (SSSR count). The van der Waals surface area contributed by atoms with Crippen molar-refractivity contribution in [2.75, 3.05) is 11.1 Å². The van der Waals surface area contributed by atoms with Crippen molar-refractivity contribution in [3.63, 3.8) is 0 Å². The molecule has 0 atom stereocenters. The lowest BCUT2D eigenvalue weighted by Crippen LogP contribution is -2.17. The molecule has 0 fully saturated rings. The number of carbonyl (C=O) groups is 1. The van der Waals surface area contributed by atoms with Crippen molar-refractivity contribution in [2.45, 2.75) is 58.4 Å².